The fourth-order valence-electron chi connectivity index (χ4n) is 2.39. The fourth-order valence-corrected chi connectivity index (χ4v) is 4.16. The number of nitro groups is 1. The zero-order valence-corrected chi connectivity index (χ0v) is 11.8. The van der Waals surface area contributed by atoms with Gasteiger partial charge in [-0.05, 0) is 18.6 Å². The number of sulfone groups is 1. The highest BCUT2D eigenvalue weighted by molar-refractivity contribution is 7.91. The number of hydrogen-bond donors (Lipinski definition) is 1. The van der Waals surface area contributed by atoms with Crippen LogP contribution in [-0.4, -0.2) is 43.0 Å². The molecule has 0 aliphatic carbocycles. The van der Waals surface area contributed by atoms with E-state index in [0.29, 0.717) is 12.1 Å². The molecule has 8 heteroatoms. The minimum absolute atomic E-state index is 0.0922. The Morgan fingerprint density at radius 3 is 2.70 bits per heavy atom. The highest BCUT2D eigenvalue weighted by Crippen LogP contribution is 2.28. The van der Waals surface area contributed by atoms with Crippen LogP contribution in [0, 0.1) is 10.1 Å². The van der Waals surface area contributed by atoms with Crippen molar-refractivity contribution in [3.8, 4) is 0 Å². The van der Waals surface area contributed by atoms with Gasteiger partial charge in [-0.25, -0.2) is 8.42 Å². The van der Waals surface area contributed by atoms with E-state index in [1.165, 1.54) is 12.1 Å². The molecular weight excluding hydrogens is 284 g/mol. The molecule has 0 aromatic heterocycles. The Hall–Kier alpha value is -1.67. The second-order valence-corrected chi connectivity index (χ2v) is 7.12. The van der Waals surface area contributed by atoms with Crippen molar-refractivity contribution in [1.29, 1.82) is 0 Å². The molecule has 0 spiro atoms. The van der Waals surface area contributed by atoms with Gasteiger partial charge in [-0.3, -0.25) is 10.1 Å². The third-order valence-electron chi connectivity index (χ3n) is 3.59. The number of nitro benzene ring substituents is 1. The van der Waals surface area contributed by atoms with Gasteiger partial charge in [0, 0.05) is 24.8 Å². The summed E-state index contributed by atoms with van der Waals surface area (Å²) in [5.41, 5.74) is 0.755. The quantitative estimate of drug-likeness (QED) is 0.649. The van der Waals surface area contributed by atoms with Crippen molar-refractivity contribution in [1.82, 2.24) is 0 Å². The molecule has 0 bridgehead atoms. The number of anilines is 1. The van der Waals surface area contributed by atoms with Crippen molar-refractivity contribution >= 4 is 21.2 Å². The summed E-state index contributed by atoms with van der Waals surface area (Å²) >= 11 is 0. The number of aliphatic hydroxyl groups excluding tert-OH is 1. The second kappa shape index (κ2) is 5.37. The van der Waals surface area contributed by atoms with E-state index in [4.69, 9.17) is 0 Å². The molecule has 1 aliphatic heterocycles. The van der Waals surface area contributed by atoms with E-state index in [1.54, 1.807) is 18.0 Å². The SMILES string of the molecule is CN(c1ccc([N+](=O)[O-])c(CO)c1)C1CCS(=O)(=O)C1. The van der Waals surface area contributed by atoms with Gasteiger partial charge in [-0.15, -0.1) is 0 Å². The summed E-state index contributed by atoms with van der Waals surface area (Å²) in [6.07, 6.45) is 0.546. The molecular formula is C12H16N2O5S. The Balaban J connectivity index is 2.27. The maximum absolute atomic E-state index is 11.5. The van der Waals surface area contributed by atoms with Crippen LogP contribution in [0.2, 0.25) is 0 Å². The summed E-state index contributed by atoms with van der Waals surface area (Å²) in [6.45, 7) is -0.430. The van der Waals surface area contributed by atoms with E-state index in [0.717, 1.165) is 0 Å². The van der Waals surface area contributed by atoms with Crippen LogP contribution in [0.25, 0.3) is 0 Å². The molecule has 1 aromatic carbocycles. The Morgan fingerprint density at radius 1 is 1.50 bits per heavy atom. The van der Waals surface area contributed by atoms with Crippen molar-refractivity contribution < 1.29 is 18.4 Å². The summed E-state index contributed by atoms with van der Waals surface area (Å²) in [6, 6.07) is 4.31. The third-order valence-corrected chi connectivity index (χ3v) is 5.34. The molecule has 1 aliphatic rings. The highest BCUT2D eigenvalue weighted by Gasteiger charge is 2.31. The topological polar surface area (TPSA) is 101 Å². The van der Waals surface area contributed by atoms with Gasteiger partial charge in [-0.1, -0.05) is 0 Å². The van der Waals surface area contributed by atoms with Crippen molar-refractivity contribution in [2.75, 3.05) is 23.5 Å². The molecule has 7 nitrogen and oxygen atoms in total. The van der Waals surface area contributed by atoms with Gasteiger partial charge in [0.25, 0.3) is 5.69 Å². The molecule has 2 rings (SSSR count). The lowest BCUT2D eigenvalue weighted by Gasteiger charge is -2.26. The number of rotatable bonds is 4. The van der Waals surface area contributed by atoms with Gasteiger partial charge in [0.05, 0.1) is 28.6 Å². The molecule has 1 N–H and O–H groups in total. The molecule has 1 atom stereocenters. The average molecular weight is 300 g/mol. The summed E-state index contributed by atoms with van der Waals surface area (Å²) in [5, 5.41) is 20.0. The molecule has 1 aromatic rings. The maximum Gasteiger partial charge on any atom is 0.275 e. The Labute approximate surface area is 116 Å². The summed E-state index contributed by atoms with van der Waals surface area (Å²) < 4.78 is 23.0. The van der Waals surface area contributed by atoms with Gasteiger partial charge in [0.15, 0.2) is 9.84 Å². The largest absolute Gasteiger partial charge is 0.391 e. The molecule has 1 heterocycles. The lowest BCUT2D eigenvalue weighted by atomic mass is 10.1. The monoisotopic (exact) mass is 300 g/mol. The van der Waals surface area contributed by atoms with Crippen LogP contribution < -0.4 is 4.90 Å². The maximum atomic E-state index is 11.5. The molecule has 110 valence electrons. The number of benzene rings is 1. The summed E-state index contributed by atoms with van der Waals surface area (Å²) in [5.74, 6) is 0.261. The van der Waals surface area contributed by atoms with Crippen LogP contribution in [0.4, 0.5) is 11.4 Å². The lowest BCUT2D eigenvalue weighted by molar-refractivity contribution is -0.385. The standard InChI is InChI=1S/C12H16N2O5S/c1-13(11-4-5-20(18,19)8-11)10-2-3-12(14(16)17)9(6-10)7-15/h2-3,6,11,15H,4-5,7-8H2,1H3. The first-order valence-corrected chi connectivity index (χ1v) is 7.97. The van der Waals surface area contributed by atoms with Gasteiger partial charge in [-0.2, -0.15) is 0 Å². The van der Waals surface area contributed by atoms with E-state index in [2.05, 4.69) is 0 Å². The minimum Gasteiger partial charge on any atom is -0.391 e. The van der Waals surface area contributed by atoms with E-state index < -0.39 is 21.4 Å². The lowest BCUT2D eigenvalue weighted by Crippen LogP contribution is -2.32. The van der Waals surface area contributed by atoms with Gasteiger partial charge in [0.2, 0.25) is 0 Å². The molecule has 1 fully saturated rings. The van der Waals surface area contributed by atoms with Crippen LogP contribution in [0.5, 0.6) is 0 Å². The van der Waals surface area contributed by atoms with Crippen LogP contribution in [0.3, 0.4) is 0 Å². The molecule has 1 saturated heterocycles. The first kappa shape index (κ1) is 14.7. The fraction of sp³-hybridized carbons (Fsp3) is 0.500. The number of aliphatic hydroxyl groups is 1. The van der Waals surface area contributed by atoms with Gasteiger partial charge >= 0.3 is 0 Å². The smallest absolute Gasteiger partial charge is 0.275 e. The number of hydrogen-bond acceptors (Lipinski definition) is 6. The summed E-state index contributed by atoms with van der Waals surface area (Å²) in [4.78, 5) is 12.1. The van der Waals surface area contributed by atoms with Crippen molar-refractivity contribution in [2.24, 2.45) is 0 Å². The van der Waals surface area contributed by atoms with Gasteiger partial charge in [0.1, 0.15) is 0 Å². The van der Waals surface area contributed by atoms with Crippen LogP contribution in [0.1, 0.15) is 12.0 Å². The van der Waals surface area contributed by atoms with E-state index in [9.17, 15) is 23.6 Å². The van der Waals surface area contributed by atoms with Crippen LogP contribution >= 0.6 is 0 Å². The van der Waals surface area contributed by atoms with Crippen LogP contribution in [0.15, 0.2) is 18.2 Å². The van der Waals surface area contributed by atoms with E-state index in [-0.39, 0.29) is 28.8 Å². The zero-order valence-electron chi connectivity index (χ0n) is 11.0. The third kappa shape index (κ3) is 2.91. The van der Waals surface area contributed by atoms with Crippen LogP contribution in [-0.2, 0) is 16.4 Å². The summed E-state index contributed by atoms with van der Waals surface area (Å²) in [7, 11) is -1.23. The minimum atomic E-state index is -2.99. The predicted octanol–water partition coefficient (Wildman–Crippen LogP) is 0.710. The number of nitrogens with zero attached hydrogens (tertiary/aromatic N) is 2. The van der Waals surface area contributed by atoms with Crippen molar-refractivity contribution in [3.05, 3.63) is 33.9 Å². The van der Waals surface area contributed by atoms with E-state index in [1.807, 2.05) is 0 Å². The van der Waals surface area contributed by atoms with Crippen molar-refractivity contribution in [2.45, 2.75) is 19.1 Å². The van der Waals surface area contributed by atoms with E-state index >= 15 is 0 Å². The highest BCUT2D eigenvalue weighted by atomic mass is 32.2. The zero-order chi connectivity index (χ0) is 14.9. The van der Waals surface area contributed by atoms with Gasteiger partial charge < -0.3 is 10.0 Å². The molecule has 0 saturated carbocycles. The molecule has 0 amide bonds. The Morgan fingerprint density at radius 2 is 2.20 bits per heavy atom. The molecule has 0 radical (unpaired) electrons. The van der Waals surface area contributed by atoms with Crippen molar-refractivity contribution in [3.63, 3.8) is 0 Å². The normalized spacial score (nSPS) is 20.8. The Kier molecular flexibility index (Phi) is 3.96. The predicted molar refractivity (Wildman–Crippen MR) is 74.5 cm³/mol. The molecule has 20 heavy (non-hydrogen) atoms. The second-order valence-electron chi connectivity index (χ2n) is 4.90. The first-order chi connectivity index (χ1) is 9.34. The average Bonchev–Trinajstić information content (AvgIpc) is 2.77. The first-order valence-electron chi connectivity index (χ1n) is 6.15. The Bertz CT molecular complexity index is 629. The molecule has 1 unspecified atom stereocenters.